The first-order valence-electron chi connectivity index (χ1n) is 8.35. The van der Waals surface area contributed by atoms with Crippen LogP contribution in [0, 0.1) is 0 Å². The zero-order valence-electron chi connectivity index (χ0n) is 14.7. The zero-order chi connectivity index (χ0) is 16.2. The van der Waals surface area contributed by atoms with Crippen LogP contribution in [0.3, 0.4) is 0 Å². The fourth-order valence-electron chi connectivity index (χ4n) is 3.28. The van der Waals surface area contributed by atoms with E-state index in [4.69, 9.17) is 13.6 Å². The van der Waals surface area contributed by atoms with Crippen LogP contribution in [0.4, 0.5) is 0 Å². The molecular weight excluding hydrogens is 284 g/mol. The average molecular weight is 320 g/mol. The van der Waals surface area contributed by atoms with Gasteiger partial charge >= 0.3 is 8.56 Å². The van der Waals surface area contributed by atoms with Crippen molar-refractivity contribution >= 4 is 8.56 Å². The molecule has 0 aromatic carbocycles. The topological polar surface area (TPSA) is 47.6 Å². The maximum Gasteiger partial charge on any atom is 0.370 e. The van der Waals surface area contributed by atoms with Crippen LogP contribution in [0.25, 0.3) is 0 Å². The number of ether oxygens (including phenoxy) is 1. The Morgan fingerprint density at radius 2 is 1.67 bits per heavy atom. The molecule has 0 aliphatic carbocycles. The van der Waals surface area contributed by atoms with Gasteiger partial charge in [-0.15, -0.1) is 0 Å². The lowest BCUT2D eigenvalue weighted by Crippen LogP contribution is -2.64. The Hall–Kier alpha value is 0.0569. The Morgan fingerprint density at radius 3 is 2.05 bits per heavy atom. The minimum atomic E-state index is -2.15. The van der Waals surface area contributed by atoms with E-state index in [0.717, 1.165) is 44.6 Å². The molecule has 1 atom stereocenters. The lowest BCUT2D eigenvalue weighted by molar-refractivity contribution is -0.0149. The number of hydrogen-bond donors (Lipinski definition) is 0. The summed E-state index contributed by atoms with van der Waals surface area (Å²) in [5, 5.41) is 9.57. The van der Waals surface area contributed by atoms with Crippen molar-refractivity contribution in [3.8, 4) is 0 Å². The SMILES string of the molecule is CCCC1(OC)CCCC[Si]1(OC)OC.CCCCC[O]. The highest BCUT2D eigenvalue weighted by Crippen LogP contribution is 2.42. The predicted octanol–water partition coefficient (Wildman–Crippen LogP) is 4.24. The highest BCUT2D eigenvalue weighted by molar-refractivity contribution is 6.70. The van der Waals surface area contributed by atoms with Crippen molar-refractivity contribution in [2.75, 3.05) is 27.9 Å². The molecule has 4 nitrogen and oxygen atoms in total. The molecule has 1 aliphatic rings. The largest absolute Gasteiger partial charge is 0.396 e. The molecule has 1 heterocycles. The van der Waals surface area contributed by atoms with E-state index in [2.05, 4.69) is 13.8 Å². The van der Waals surface area contributed by atoms with Gasteiger partial charge in [0.05, 0.1) is 6.61 Å². The first-order valence-corrected chi connectivity index (χ1v) is 10.4. The molecule has 127 valence electrons. The zero-order valence-corrected chi connectivity index (χ0v) is 15.7. The van der Waals surface area contributed by atoms with Gasteiger partial charge in [-0.3, -0.25) is 0 Å². The molecule has 0 N–H and O–H groups in total. The van der Waals surface area contributed by atoms with E-state index in [0.29, 0.717) is 0 Å². The van der Waals surface area contributed by atoms with Gasteiger partial charge < -0.3 is 13.6 Å². The Kier molecular flexibility index (Phi) is 11.6. The lowest BCUT2D eigenvalue weighted by Gasteiger charge is -2.47. The van der Waals surface area contributed by atoms with Crippen molar-refractivity contribution in [1.29, 1.82) is 0 Å². The second-order valence-electron chi connectivity index (χ2n) is 5.73. The first kappa shape index (κ1) is 21.1. The van der Waals surface area contributed by atoms with E-state index in [1.54, 1.807) is 21.3 Å². The van der Waals surface area contributed by atoms with Crippen molar-refractivity contribution in [1.82, 2.24) is 0 Å². The molecular formula is C16H35O4Si. The molecule has 0 amide bonds. The van der Waals surface area contributed by atoms with Crippen molar-refractivity contribution < 1.29 is 18.7 Å². The maximum atomic E-state index is 9.69. The fraction of sp³-hybridized carbons (Fsp3) is 1.00. The summed E-state index contributed by atoms with van der Waals surface area (Å²) in [6.45, 7) is 4.39. The van der Waals surface area contributed by atoms with Crippen LogP contribution >= 0.6 is 0 Å². The number of rotatable bonds is 8. The van der Waals surface area contributed by atoms with Crippen LogP contribution in [0.1, 0.15) is 65.2 Å². The van der Waals surface area contributed by atoms with Crippen molar-refractivity contribution in [3.63, 3.8) is 0 Å². The van der Waals surface area contributed by atoms with Crippen molar-refractivity contribution in [3.05, 3.63) is 0 Å². The van der Waals surface area contributed by atoms with E-state index in [-0.39, 0.29) is 11.8 Å². The van der Waals surface area contributed by atoms with Gasteiger partial charge in [0.2, 0.25) is 0 Å². The summed E-state index contributed by atoms with van der Waals surface area (Å²) >= 11 is 0. The summed E-state index contributed by atoms with van der Waals surface area (Å²) < 4.78 is 17.4. The van der Waals surface area contributed by atoms with E-state index >= 15 is 0 Å². The smallest absolute Gasteiger partial charge is 0.370 e. The standard InChI is InChI=1S/C11H24O3Si.C5H11O/c1-5-8-11(12-2)9-6-7-10-15(11,13-3)14-4;1-2-3-4-5-6/h5-10H2,1-4H3;2-5H2,1H3. The van der Waals surface area contributed by atoms with Gasteiger partial charge in [-0.1, -0.05) is 46.0 Å². The summed E-state index contributed by atoms with van der Waals surface area (Å²) in [6, 6.07) is 1.06. The molecule has 0 saturated carbocycles. The third-order valence-corrected chi connectivity index (χ3v) is 8.91. The Morgan fingerprint density at radius 1 is 1.00 bits per heavy atom. The molecule has 0 aromatic rings. The summed E-state index contributed by atoms with van der Waals surface area (Å²) in [5.41, 5.74) is 0. The molecule has 21 heavy (non-hydrogen) atoms. The molecule has 1 fully saturated rings. The highest BCUT2D eigenvalue weighted by Gasteiger charge is 2.58. The first-order chi connectivity index (χ1) is 10.1. The Labute approximate surface area is 132 Å². The van der Waals surface area contributed by atoms with E-state index in [1.807, 2.05) is 0 Å². The van der Waals surface area contributed by atoms with Gasteiger partial charge in [0.1, 0.15) is 5.22 Å². The van der Waals surface area contributed by atoms with Crippen LogP contribution < -0.4 is 0 Å². The van der Waals surface area contributed by atoms with E-state index < -0.39 is 8.56 Å². The van der Waals surface area contributed by atoms with Gasteiger partial charge in [-0.2, -0.15) is 0 Å². The molecule has 0 spiro atoms. The lowest BCUT2D eigenvalue weighted by atomic mass is 10.1. The molecule has 1 radical (unpaired) electrons. The average Bonchev–Trinajstić information content (AvgIpc) is 2.54. The van der Waals surface area contributed by atoms with Crippen LogP contribution in [0.15, 0.2) is 0 Å². The molecule has 0 bridgehead atoms. The third-order valence-electron chi connectivity index (χ3n) is 4.48. The van der Waals surface area contributed by atoms with Crippen LogP contribution in [0.2, 0.25) is 6.04 Å². The summed E-state index contributed by atoms with van der Waals surface area (Å²) in [5.74, 6) is 0. The Balaban J connectivity index is 0.000000567. The quantitative estimate of drug-likeness (QED) is 0.496. The molecule has 1 aliphatic heterocycles. The molecule has 1 rings (SSSR count). The van der Waals surface area contributed by atoms with E-state index in [1.165, 1.54) is 12.8 Å². The third kappa shape index (κ3) is 5.64. The van der Waals surface area contributed by atoms with Gasteiger partial charge in [-0.25, -0.2) is 5.11 Å². The predicted molar refractivity (Wildman–Crippen MR) is 88.2 cm³/mol. The molecule has 1 unspecified atom stereocenters. The number of methoxy groups -OCH3 is 1. The monoisotopic (exact) mass is 319 g/mol. The van der Waals surface area contributed by atoms with E-state index in [9.17, 15) is 5.11 Å². The Bertz CT molecular complexity index is 238. The second-order valence-corrected chi connectivity index (χ2v) is 9.46. The molecule has 0 aromatic heterocycles. The molecule has 1 saturated heterocycles. The van der Waals surface area contributed by atoms with Gasteiger partial charge in [0, 0.05) is 21.3 Å². The minimum Gasteiger partial charge on any atom is -0.396 e. The maximum absolute atomic E-state index is 9.69. The minimum absolute atomic E-state index is 0.105. The van der Waals surface area contributed by atoms with Gasteiger partial charge in [0.15, 0.2) is 0 Å². The normalized spacial score (nSPS) is 24.3. The highest BCUT2D eigenvalue weighted by atomic mass is 28.4. The van der Waals surface area contributed by atoms with Crippen LogP contribution in [0.5, 0.6) is 0 Å². The molecule has 5 heteroatoms. The van der Waals surface area contributed by atoms with Crippen molar-refractivity contribution in [2.45, 2.75) is 76.5 Å². The van der Waals surface area contributed by atoms with Crippen LogP contribution in [-0.4, -0.2) is 41.7 Å². The number of hydrogen-bond acceptors (Lipinski definition) is 3. The summed E-state index contributed by atoms with van der Waals surface area (Å²) in [6.07, 6.45) is 8.82. The van der Waals surface area contributed by atoms with Gasteiger partial charge in [0.25, 0.3) is 0 Å². The number of unbranched alkanes of at least 4 members (excludes halogenated alkanes) is 2. The van der Waals surface area contributed by atoms with Crippen molar-refractivity contribution in [2.24, 2.45) is 0 Å². The fourth-order valence-corrected chi connectivity index (χ4v) is 7.27. The van der Waals surface area contributed by atoms with Crippen LogP contribution in [-0.2, 0) is 18.7 Å². The van der Waals surface area contributed by atoms with Gasteiger partial charge in [-0.05, 0) is 25.3 Å². The summed E-state index contributed by atoms with van der Waals surface area (Å²) in [4.78, 5) is 0. The summed E-state index contributed by atoms with van der Waals surface area (Å²) in [7, 11) is 3.22. The second kappa shape index (κ2) is 11.6.